The molecule has 0 saturated heterocycles. The van der Waals surface area contributed by atoms with E-state index in [1.807, 2.05) is 0 Å². The van der Waals surface area contributed by atoms with Crippen LogP contribution < -0.4 is 9.47 Å². The van der Waals surface area contributed by atoms with Gasteiger partial charge in [0.2, 0.25) is 0 Å². The van der Waals surface area contributed by atoms with Crippen molar-refractivity contribution in [2.24, 2.45) is 0 Å². The Morgan fingerprint density at radius 1 is 0.358 bits per heavy atom. The summed E-state index contributed by atoms with van der Waals surface area (Å²) in [7, 11) is 0. The number of hydrogen-bond donors (Lipinski definition) is 0. The van der Waals surface area contributed by atoms with Gasteiger partial charge >= 0.3 is 0 Å². The van der Waals surface area contributed by atoms with Gasteiger partial charge < -0.3 is 4.90 Å². The highest BCUT2D eigenvalue weighted by Gasteiger charge is 2.07. The van der Waals surface area contributed by atoms with E-state index in [0.29, 0.717) is 0 Å². The number of nitrogens with zero attached hydrogens (tertiary/aromatic N) is 2. The highest BCUT2D eigenvalue weighted by Crippen LogP contribution is 2.20. The van der Waals surface area contributed by atoms with Gasteiger partial charge in [-0.3, -0.25) is 0 Å². The Morgan fingerprint density at radius 2 is 0.642 bits per heavy atom. The van der Waals surface area contributed by atoms with Crippen molar-refractivity contribution in [3.63, 3.8) is 0 Å². The average molecular weight is 728 g/mol. The molecule has 0 amide bonds. The van der Waals surface area contributed by atoms with E-state index >= 15 is 0 Å². The van der Waals surface area contributed by atoms with E-state index < -0.39 is 0 Å². The molecule has 2 aromatic rings. The van der Waals surface area contributed by atoms with Gasteiger partial charge in [-0.25, -0.2) is 4.57 Å². The summed E-state index contributed by atoms with van der Waals surface area (Å²) in [6.45, 7) is 10.1. The van der Waals surface area contributed by atoms with E-state index in [-0.39, 0.29) is 0 Å². The van der Waals surface area contributed by atoms with Gasteiger partial charge in [0.05, 0.1) is 0 Å². The van der Waals surface area contributed by atoms with Crippen molar-refractivity contribution in [3.8, 4) is 11.8 Å². The number of rotatable bonds is 36. The number of hydrogen-bond acceptors (Lipinski definition) is 1. The fourth-order valence-electron chi connectivity index (χ4n) is 7.72. The summed E-state index contributed by atoms with van der Waals surface area (Å²) in [4.78, 5) is 2.67. The molecule has 0 saturated carbocycles. The average Bonchev–Trinajstić information content (AvgIpc) is 3.19. The lowest BCUT2D eigenvalue weighted by Crippen LogP contribution is -2.30. The molecule has 1 aromatic heterocycles. The van der Waals surface area contributed by atoms with Crippen molar-refractivity contribution >= 4 is 5.69 Å². The third-order valence-corrected chi connectivity index (χ3v) is 11.4. The SMILES string of the molecule is CCCCCCCCCCCCCCCCCCN(CCCCCCCCCCCCCCCCCC)c1ccc(C#Cc2cc[n+](CC)cc2)cc1. The normalized spacial score (nSPS) is 11.2. The Morgan fingerprint density at radius 3 is 0.943 bits per heavy atom. The first kappa shape index (κ1) is 46.9. The summed E-state index contributed by atoms with van der Waals surface area (Å²) in [5.41, 5.74) is 3.55. The Bertz CT molecular complexity index is 1070. The molecule has 300 valence electrons. The van der Waals surface area contributed by atoms with Gasteiger partial charge in [0, 0.05) is 42.0 Å². The Hall–Kier alpha value is -2.27. The molecule has 0 atom stereocenters. The first-order valence-corrected chi connectivity index (χ1v) is 23.6. The van der Waals surface area contributed by atoms with Crippen LogP contribution in [-0.4, -0.2) is 13.1 Å². The van der Waals surface area contributed by atoms with Crippen molar-refractivity contribution in [1.29, 1.82) is 0 Å². The zero-order chi connectivity index (χ0) is 37.7. The molecule has 2 nitrogen and oxygen atoms in total. The van der Waals surface area contributed by atoms with E-state index in [9.17, 15) is 0 Å². The summed E-state index contributed by atoms with van der Waals surface area (Å²) in [5.74, 6) is 6.74. The van der Waals surface area contributed by atoms with Crippen LogP contribution in [0.2, 0.25) is 0 Å². The molecule has 1 heterocycles. The minimum Gasteiger partial charge on any atom is -0.372 e. The van der Waals surface area contributed by atoms with Crippen molar-refractivity contribution < 1.29 is 4.57 Å². The van der Waals surface area contributed by atoms with Crippen LogP contribution in [0.15, 0.2) is 48.8 Å². The predicted molar refractivity (Wildman–Crippen MR) is 236 cm³/mol. The lowest BCUT2D eigenvalue weighted by atomic mass is 10.0. The highest BCUT2D eigenvalue weighted by molar-refractivity contribution is 5.51. The standard InChI is InChI=1S/C51H87N2/c1-4-7-9-11-13-15-17-19-21-23-25-27-29-31-33-35-45-53(46-36-34-32-30-28-26-24-22-20-18-16-14-12-10-8-5-2)51-41-39-49(40-42-51)37-38-50-43-47-52(6-3)48-44-50/h39-44,47-48H,4-36,45-46H2,1-3H3/q+1. The van der Waals surface area contributed by atoms with E-state index in [4.69, 9.17) is 0 Å². The van der Waals surface area contributed by atoms with E-state index in [0.717, 1.165) is 17.7 Å². The first-order valence-electron chi connectivity index (χ1n) is 23.6. The molecule has 0 radical (unpaired) electrons. The molecule has 0 fully saturated rings. The summed E-state index contributed by atoms with van der Waals surface area (Å²) >= 11 is 0. The molecule has 2 rings (SSSR count). The first-order chi connectivity index (χ1) is 26.3. The van der Waals surface area contributed by atoms with Gasteiger partial charge in [-0.15, -0.1) is 0 Å². The quantitative estimate of drug-likeness (QED) is 0.0385. The topological polar surface area (TPSA) is 7.12 Å². The largest absolute Gasteiger partial charge is 0.372 e. The monoisotopic (exact) mass is 728 g/mol. The second-order valence-electron chi connectivity index (χ2n) is 16.3. The fourth-order valence-corrected chi connectivity index (χ4v) is 7.72. The van der Waals surface area contributed by atoms with Crippen LogP contribution in [0.3, 0.4) is 0 Å². The molecule has 0 aliphatic carbocycles. The minimum absolute atomic E-state index is 0.991. The van der Waals surface area contributed by atoms with E-state index in [2.05, 4.69) is 90.9 Å². The third-order valence-electron chi connectivity index (χ3n) is 11.4. The van der Waals surface area contributed by atoms with Crippen LogP contribution in [0.1, 0.15) is 237 Å². The maximum atomic E-state index is 3.39. The van der Waals surface area contributed by atoms with Crippen LogP contribution in [0.25, 0.3) is 0 Å². The number of pyridine rings is 1. The molecule has 0 spiro atoms. The maximum Gasteiger partial charge on any atom is 0.170 e. The zero-order valence-electron chi connectivity index (χ0n) is 35.8. The number of anilines is 1. The second-order valence-corrected chi connectivity index (χ2v) is 16.3. The molecule has 0 aliphatic heterocycles. The molecule has 0 aliphatic rings. The van der Waals surface area contributed by atoms with Gasteiger partial charge in [0.15, 0.2) is 12.4 Å². The smallest absolute Gasteiger partial charge is 0.170 e. The van der Waals surface area contributed by atoms with Crippen molar-refractivity contribution in [3.05, 3.63) is 59.9 Å². The van der Waals surface area contributed by atoms with Crippen LogP contribution in [0.5, 0.6) is 0 Å². The second kappa shape index (κ2) is 35.4. The molecule has 53 heavy (non-hydrogen) atoms. The number of aryl methyl sites for hydroxylation is 1. The number of aromatic nitrogens is 1. The maximum absolute atomic E-state index is 3.39. The summed E-state index contributed by atoms with van der Waals surface area (Å²) in [6, 6.07) is 13.3. The molecular weight excluding hydrogens is 641 g/mol. The molecule has 1 aromatic carbocycles. The molecule has 0 bridgehead atoms. The molecule has 2 heteroatoms. The number of unbranched alkanes of at least 4 members (excludes halogenated alkanes) is 30. The van der Waals surface area contributed by atoms with E-state index in [1.54, 1.807) is 0 Å². The Kier molecular flexibility index (Phi) is 31.3. The minimum atomic E-state index is 0.991. The Labute approximate surface area is 331 Å². The van der Waals surface area contributed by atoms with Gasteiger partial charge in [-0.1, -0.05) is 218 Å². The fraction of sp³-hybridized carbons (Fsp3) is 0.745. The highest BCUT2D eigenvalue weighted by atomic mass is 15.1. The van der Waals surface area contributed by atoms with Crippen molar-refractivity contribution in [2.75, 3.05) is 18.0 Å². The summed E-state index contributed by atoms with van der Waals surface area (Å²) < 4.78 is 2.17. The zero-order valence-corrected chi connectivity index (χ0v) is 35.8. The molecule has 0 unspecified atom stereocenters. The predicted octanol–water partition coefficient (Wildman–Crippen LogP) is 15.7. The lowest BCUT2D eigenvalue weighted by molar-refractivity contribution is -0.693. The lowest BCUT2D eigenvalue weighted by Gasteiger charge is -2.25. The van der Waals surface area contributed by atoms with Gasteiger partial charge in [0.1, 0.15) is 6.54 Å². The van der Waals surface area contributed by atoms with Crippen LogP contribution in [0, 0.1) is 11.8 Å². The summed E-state index contributed by atoms with van der Waals surface area (Å²) in [6.07, 6.45) is 49.9. The molecular formula is C51H87N2+. The van der Waals surface area contributed by atoms with Gasteiger partial charge in [-0.2, -0.15) is 0 Å². The summed E-state index contributed by atoms with van der Waals surface area (Å²) in [5, 5.41) is 0. The van der Waals surface area contributed by atoms with Crippen LogP contribution >= 0.6 is 0 Å². The van der Waals surface area contributed by atoms with Crippen LogP contribution in [0.4, 0.5) is 5.69 Å². The van der Waals surface area contributed by atoms with Gasteiger partial charge in [-0.05, 0) is 44.0 Å². The molecule has 0 N–H and O–H groups in total. The Balaban J connectivity index is 1.64. The van der Waals surface area contributed by atoms with Crippen molar-refractivity contribution in [1.82, 2.24) is 0 Å². The van der Waals surface area contributed by atoms with Crippen molar-refractivity contribution in [2.45, 2.75) is 233 Å². The number of benzene rings is 1. The van der Waals surface area contributed by atoms with Gasteiger partial charge in [0.25, 0.3) is 0 Å². The third kappa shape index (κ3) is 27.0. The van der Waals surface area contributed by atoms with Crippen LogP contribution in [-0.2, 0) is 6.54 Å². The van der Waals surface area contributed by atoms with E-state index in [1.165, 1.54) is 224 Å².